The highest BCUT2D eigenvalue weighted by atomic mass is 79.9. The molecule has 1 aliphatic heterocycles. The molecular formula is C15H12BrN5O. The van der Waals surface area contributed by atoms with Gasteiger partial charge in [-0.25, -0.2) is 4.98 Å². The molecule has 7 heteroatoms. The maximum absolute atomic E-state index is 11.7. The lowest BCUT2D eigenvalue weighted by Crippen LogP contribution is -2.20. The van der Waals surface area contributed by atoms with Crippen LogP contribution >= 0.6 is 15.9 Å². The van der Waals surface area contributed by atoms with E-state index in [1.165, 1.54) is 0 Å². The Morgan fingerprint density at radius 1 is 1.41 bits per heavy atom. The standard InChI is InChI=1S/C15H12BrN5O/c1-21-12-3-2-9(4-8(12)5-13(21)22)19-15-18-6-10-11(16)7-17-14(10)20-15/h2-4,6-7H,5H2,1H3,(H2,17,18,19,20). The van der Waals surface area contributed by atoms with Crippen LogP contribution in [0.1, 0.15) is 5.56 Å². The van der Waals surface area contributed by atoms with Gasteiger partial charge in [0.2, 0.25) is 11.9 Å². The lowest BCUT2D eigenvalue weighted by Gasteiger charge is -2.11. The number of carbonyl (C=O) groups is 1. The Kier molecular flexibility index (Phi) is 2.90. The Labute approximate surface area is 134 Å². The maximum atomic E-state index is 11.7. The predicted octanol–water partition coefficient (Wildman–Crippen LogP) is 2.98. The number of nitrogens with zero attached hydrogens (tertiary/aromatic N) is 3. The van der Waals surface area contributed by atoms with Crippen LogP contribution in [0.3, 0.4) is 0 Å². The van der Waals surface area contributed by atoms with Gasteiger partial charge in [-0.15, -0.1) is 0 Å². The summed E-state index contributed by atoms with van der Waals surface area (Å²) in [5.74, 6) is 0.625. The number of hydrogen-bond donors (Lipinski definition) is 2. The SMILES string of the molecule is CN1C(=O)Cc2cc(Nc3ncc4c(Br)c[nH]c4n3)ccc21. The highest BCUT2D eigenvalue weighted by Gasteiger charge is 2.23. The summed E-state index contributed by atoms with van der Waals surface area (Å²) in [5.41, 5.74) is 3.61. The number of carbonyl (C=O) groups excluding carboxylic acids is 1. The number of nitrogens with one attached hydrogen (secondary N) is 2. The van der Waals surface area contributed by atoms with Gasteiger partial charge < -0.3 is 15.2 Å². The molecule has 0 aliphatic carbocycles. The van der Waals surface area contributed by atoms with E-state index in [-0.39, 0.29) is 5.91 Å². The zero-order valence-corrected chi connectivity index (χ0v) is 13.3. The molecule has 6 nitrogen and oxygen atoms in total. The summed E-state index contributed by atoms with van der Waals surface area (Å²) in [6.07, 6.45) is 4.03. The van der Waals surface area contributed by atoms with Gasteiger partial charge in [-0.05, 0) is 39.7 Å². The summed E-state index contributed by atoms with van der Waals surface area (Å²) < 4.78 is 0.938. The van der Waals surface area contributed by atoms with Crippen LogP contribution in [-0.2, 0) is 11.2 Å². The monoisotopic (exact) mass is 357 g/mol. The third-order valence-corrected chi connectivity index (χ3v) is 4.45. The lowest BCUT2D eigenvalue weighted by atomic mass is 10.1. The Morgan fingerprint density at radius 2 is 2.27 bits per heavy atom. The first-order valence-electron chi connectivity index (χ1n) is 6.78. The molecule has 0 saturated carbocycles. The van der Waals surface area contributed by atoms with Crippen molar-refractivity contribution in [2.24, 2.45) is 0 Å². The molecule has 0 spiro atoms. The van der Waals surface area contributed by atoms with Crippen molar-refractivity contribution in [2.45, 2.75) is 6.42 Å². The summed E-state index contributed by atoms with van der Waals surface area (Å²) in [7, 11) is 1.79. The fourth-order valence-corrected chi connectivity index (χ4v) is 3.02. The summed E-state index contributed by atoms with van der Waals surface area (Å²) >= 11 is 3.44. The molecule has 110 valence electrons. The minimum atomic E-state index is 0.112. The fourth-order valence-electron chi connectivity index (χ4n) is 2.61. The Hall–Kier alpha value is -2.41. The summed E-state index contributed by atoms with van der Waals surface area (Å²) in [6, 6.07) is 5.83. The van der Waals surface area contributed by atoms with Crippen LogP contribution in [0, 0.1) is 0 Å². The van der Waals surface area contributed by atoms with E-state index in [1.807, 2.05) is 24.4 Å². The Morgan fingerprint density at radius 3 is 3.14 bits per heavy atom. The van der Waals surface area contributed by atoms with Gasteiger partial charge >= 0.3 is 0 Å². The van der Waals surface area contributed by atoms with Crippen molar-refractivity contribution < 1.29 is 4.79 Å². The van der Waals surface area contributed by atoms with Gasteiger partial charge in [0.15, 0.2) is 0 Å². The molecule has 2 N–H and O–H groups in total. The van der Waals surface area contributed by atoms with Crippen molar-refractivity contribution in [3.63, 3.8) is 0 Å². The lowest BCUT2D eigenvalue weighted by molar-refractivity contribution is -0.117. The number of rotatable bonds is 2. The Balaban J connectivity index is 1.65. The number of H-pyrrole nitrogens is 1. The molecule has 1 amide bonds. The van der Waals surface area contributed by atoms with E-state index in [9.17, 15) is 4.79 Å². The highest BCUT2D eigenvalue weighted by molar-refractivity contribution is 9.10. The van der Waals surface area contributed by atoms with Crippen molar-refractivity contribution in [1.82, 2.24) is 15.0 Å². The second-order valence-electron chi connectivity index (χ2n) is 5.19. The number of aromatic nitrogens is 3. The fraction of sp³-hybridized carbons (Fsp3) is 0.133. The zero-order chi connectivity index (χ0) is 15.3. The van der Waals surface area contributed by atoms with Gasteiger partial charge in [-0.2, -0.15) is 4.98 Å². The molecule has 1 aliphatic rings. The third kappa shape index (κ3) is 2.05. The van der Waals surface area contributed by atoms with E-state index in [0.717, 1.165) is 32.4 Å². The number of hydrogen-bond acceptors (Lipinski definition) is 4. The van der Waals surface area contributed by atoms with Crippen LogP contribution in [-0.4, -0.2) is 27.9 Å². The molecule has 0 saturated heterocycles. The third-order valence-electron chi connectivity index (χ3n) is 3.79. The molecule has 0 atom stereocenters. The van der Waals surface area contributed by atoms with Crippen LogP contribution in [0.4, 0.5) is 17.3 Å². The van der Waals surface area contributed by atoms with E-state index < -0.39 is 0 Å². The van der Waals surface area contributed by atoms with Crippen molar-refractivity contribution >= 4 is 50.2 Å². The first kappa shape index (κ1) is 13.3. The van der Waals surface area contributed by atoms with Crippen molar-refractivity contribution in [3.8, 4) is 0 Å². The second kappa shape index (κ2) is 4.81. The van der Waals surface area contributed by atoms with Gasteiger partial charge in [0.1, 0.15) is 5.65 Å². The minimum absolute atomic E-state index is 0.112. The molecule has 0 radical (unpaired) electrons. The molecular weight excluding hydrogens is 346 g/mol. The smallest absolute Gasteiger partial charge is 0.231 e. The molecule has 0 fully saturated rings. The second-order valence-corrected chi connectivity index (χ2v) is 6.04. The molecule has 22 heavy (non-hydrogen) atoms. The summed E-state index contributed by atoms with van der Waals surface area (Å²) in [5, 5.41) is 4.11. The Bertz CT molecular complexity index is 904. The van der Waals surface area contributed by atoms with E-state index in [4.69, 9.17) is 0 Å². The van der Waals surface area contributed by atoms with Crippen LogP contribution in [0.5, 0.6) is 0 Å². The van der Waals surface area contributed by atoms with Crippen LogP contribution < -0.4 is 10.2 Å². The van der Waals surface area contributed by atoms with Crippen molar-refractivity contribution in [3.05, 3.63) is 40.6 Å². The molecule has 0 unspecified atom stereocenters. The number of amides is 1. The number of anilines is 3. The van der Waals surface area contributed by atoms with E-state index in [0.29, 0.717) is 12.4 Å². The molecule has 0 bridgehead atoms. The number of aromatic amines is 1. The summed E-state index contributed by atoms with van der Waals surface area (Å²) in [4.78, 5) is 25.2. The summed E-state index contributed by atoms with van der Waals surface area (Å²) in [6.45, 7) is 0. The first-order valence-corrected chi connectivity index (χ1v) is 7.57. The predicted molar refractivity (Wildman–Crippen MR) is 88.4 cm³/mol. The van der Waals surface area contributed by atoms with Gasteiger partial charge in [0.05, 0.1) is 11.8 Å². The molecule has 4 rings (SSSR count). The maximum Gasteiger partial charge on any atom is 0.231 e. The zero-order valence-electron chi connectivity index (χ0n) is 11.7. The first-order chi connectivity index (χ1) is 10.6. The normalized spacial score (nSPS) is 13.7. The quantitative estimate of drug-likeness (QED) is 0.739. The van der Waals surface area contributed by atoms with E-state index in [2.05, 4.69) is 36.2 Å². The molecule has 3 heterocycles. The topological polar surface area (TPSA) is 73.9 Å². The van der Waals surface area contributed by atoms with Crippen molar-refractivity contribution in [2.75, 3.05) is 17.3 Å². The van der Waals surface area contributed by atoms with Gasteiger partial charge in [0.25, 0.3) is 0 Å². The van der Waals surface area contributed by atoms with Crippen molar-refractivity contribution in [1.29, 1.82) is 0 Å². The van der Waals surface area contributed by atoms with Crippen LogP contribution in [0.15, 0.2) is 35.1 Å². The number of fused-ring (bicyclic) bond motifs is 2. The largest absolute Gasteiger partial charge is 0.345 e. The molecule has 2 aromatic heterocycles. The molecule has 1 aromatic carbocycles. The molecule has 3 aromatic rings. The number of benzene rings is 1. The van der Waals surface area contributed by atoms with Gasteiger partial charge in [0, 0.05) is 35.3 Å². The average Bonchev–Trinajstić information content (AvgIpc) is 3.00. The van der Waals surface area contributed by atoms with Crippen LogP contribution in [0.25, 0.3) is 11.0 Å². The van der Waals surface area contributed by atoms with E-state index in [1.54, 1.807) is 18.1 Å². The van der Waals surface area contributed by atoms with Gasteiger partial charge in [-0.3, -0.25) is 4.79 Å². The van der Waals surface area contributed by atoms with E-state index >= 15 is 0 Å². The van der Waals surface area contributed by atoms with Gasteiger partial charge in [-0.1, -0.05) is 0 Å². The highest BCUT2D eigenvalue weighted by Crippen LogP contribution is 2.31. The average molecular weight is 358 g/mol. The number of likely N-dealkylation sites (N-methyl/N-ethyl adjacent to an activating group) is 1. The van der Waals surface area contributed by atoms with Crippen LogP contribution in [0.2, 0.25) is 0 Å². The minimum Gasteiger partial charge on any atom is -0.345 e. The number of halogens is 1.